The van der Waals surface area contributed by atoms with Gasteiger partial charge < -0.3 is 14.8 Å². The summed E-state index contributed by atoms with van der Waals surface area (Å²) in [5, 5.41) is 2.60. The van der Waals surface area contributed by atoms with Crippen LogP contribution in [-0.2, 0) is 24.3 Å². The van der Waals surface area contributed by atoms with Gasteiger partial charge in [-0.05, 0) is 24.6 Å². The Labute approximate surface area is 147 Å². The minimum atomic E-state index is -3.67. The molecule has 1 aliphatic heterocycles. The number of hydrogen-bond acceptors (Lipinski definition) is 6. The number of carbonyl (C=O) groups is 2. The Hall–Kier alpha value is -1.97. The van der Waals surface area contributed by atoms with Crippen LogP contribution in [0.5, 0.6) is 0 Å². The molecule has 1 aliphatic rings. The van der Waals surface area contributed by atoms with Crippen molar-refractivity contribution in [3.05, 3.63) is 29.3 Å². The van der Waals surface area contributed by atoms with E-state index >= 15 is 0 Å². The molecule has 1 saturated heterocycles. The van der Waals surface area contributed by atoms with E-state index in [-0.39, 0.29) is 36.5 Å². The van der Waals surface area contributed by atoms with E-state index in [0.717, 1.165) is 0 Å². The molecule has 9 heteroatoms. The van der Waals surface area contributed by atoms with Crippen molar-refractivity contribution in [2.45, 2.75) is 18.2 Å². The molecule has 2 rings (SSSR count). The van der Waals surface area contributed by atoms with E-state index in [4.69, 9.17) is 4.74 Å². The minimum absolute atomic E-state index is 0.0487. The summed E-state index contributed by atoms with van der Waals surface area (Å²) in [4.78, 5) is 23.5. The lowest BCUT2D eigenvalue weighted by Crippen LogP contribution is -2.40. The second-order valence-electron chi connectivity index (χ2n) is 5.58. The summed E-state index contributed by atoms with van der Waals surface area (Å²) in [6.45, 7) is 3.12. The van der Waals surface area contributed by atoms with Gasteiger partial charge in [-0.3, -0.25) is 9.59 Å². The van der Waals surface area contributed by atoms with E-state index in [1.54, 1.807) is 13.0 Å². The molecule has 0 spiro atoms. The number of nitrogens with zero attached hydrogens (tertiary/aromatic N) is 1. The molecule has 25 heavy (non-hydrogen) atoms. The molecule has 0 saturated carbocycles. The molecule has 0 atom stereocenters. The number of ether oxygens (including phenoxy) is 2. The summed E-state index contributed by atoms with van der Waals surface area (Å²) in [5.74, 6) is -0.860. The van der Waals surface area contributed by atoms with Crippen molar-refractivity contribution < 1.29 is 27.5 Å². The van der Waals surface area contributed by atoms with Crippen LogP contribution in [0, 0.1) is 6.92 Å². The molecule has 1 amide bonds. The third kappa shape index (κ3) is 4.77. The first-order chi connectivity index (χ1) is 11.9. The first-order valence-corrected chi connectivity index (χ1v) is 9.34. The number of aryl methyl sites for hydroxylation is 1. The number of amides is 1. The topological polar surface area (TPSA) is 102 Å². The van der Waals surface area contributed by atoms with Gasteiger partial charge >= 0.3 is 5.97 Å². The number of nitrogens with one attached hydrogen (secondary N) is 1. The van der Waals surface area contributed by atoms with Crippen LogP contribution in [-0.4, -0.2) is 64.6 Å². The maximum absolute atomic E-state index is 12.7. The highest BCUT2D eigenvalue weighted by Gasteiger charge is 2.27. The molecule has 1 fully saturated rings. The third-order valence-electron chi connectivity index (χ3n) is 3.90. The molecule has 1 heterocycles. The average Bonchev–Trinajstić information content (AvgIpc) is 2.62. The van der Waals surface area contributed by atoms with Crippen LogP contribution in [0.25, 0.3) is 0 Å². The zero-order chi connectivity index (χ0) is 18.4. The number of morpholine rings is 1. The predicted octanol–water partition coefficient (Wildman–Crippen LogP) is 0.309. The molecular weight excluding hydrogens is 348 g/mol. The number of rotatable bonds is 6. The smallest absolute Gasteiger partial charge is 0.307 e. The highest BCUT2D eigenvalue weighted by molar-refractivity contribution is 7.89. The van der Waals surface area contributed by atoms with Crippen molar-refractivity contribution in [2.24, 2.45) is 0 Å². The Morgan fingerprint density at radius 1 is 1.28 bits per heavy atom. The van der Waals surface area contributed by atoms with Gasteiger partial charge in [-0.15, -0.1) is 0 Å². The van der Waals surface area contributed by atoms with E-state index in [2.05, 4.69) is 10.1 Å². The lowest BCUT2D eigenvalue weighted by Gasteiger charge is -2.26. The zero-order valence-corrected chi connectivity index (χ0v) is 15.1. The molecule has 0 aliphatic carbocycles. The van der Waals surface area contributed by atoms with Gasteiger partial charge in [-0.1, -0.05) is 6.07 Å². The van der Waals surface area contributed by atoms with Crippen LogP contribution in [0.2, 0.25) is 0 Å². The maximum Gasteiger partial charge on any atom is 0.307 e. The van der Waals surface area contributed by atoms with Gasteiger partial charge in [-0.25, -0.2) is 8.42 Å². The van der Waals surface area contributed by atoms with Crippen LogP contribution in [0.3, 0.4) is 0 Å². The molecule has 0 radical (unpaired) electrons. The lowest BCUT2D eigenvalue weighted by atomic mass is 10.1. The van der Waals surface area contributed by atoms with Gasteiger partial charge in [-0.2, -0.15) is 4.31 Å². The second-order valence-corrected chi connectivity index (χ2v) is 7.51. The summed E-state index contributed by atoms with van der Waals surface area (Å²) in [7, 11) is -2.40. The Kier molecular flexibility index (Phi) is 6.51. The summed E-state index contributed by atoms with van der Waals surface area (Å²) in [6, 6.07) is 4.46. The van der Waals surface area contributed by atoms with Crippen molar-refractivity contribution >= 4 is 21.9 Å². The summed E-state index contributed by atoms with van der Waals surface area (Å²) >= 11 is 0. The molecule has 1 aromatic rings. The van der Waals surface area contributed by atoms with Crippen LogP contribution < -0.4 is 5.32 Å². The van der Waals surface area contributed by atoms with Crippen molar-refractivity contribution in [3.8, 4) is 0 Å². The standard InChI is InChI=1S/C16H22N2O6S/c1-12-3-4-13(25(21,22)18-7-9-24-10-8-18)11-14(12)16(20)17-6-5-15(19)23-2/h3-4,11H,5-10H2,1-2H3,(H,17,20). The van der Waals surface area contributed by atoms with Gasteiger partial charge in [0.1, 0.15) is 0 Å². The van der Waals surface area contributed by atoms with E-state index in [1.807, 2.05) is 0 Å². The average molecular weight is 370 g/mol. The summed E-state index contributed by atoms with van der Waals surface area (Å²) in [6.07, 6.45) is 0.0487. The highest BCUT2D eigenvalue weighted by atomic mass is 32.2. The minimum Gasteiger partial charge on any atom is -0.469 e. The molecule has 0 aromatic heterocycles. The van der Waals surface area contributed by atoms with Gasteiger partial charge in [0.05, 0.1) is 31.6 Å². The van der Waals surface area contributed by atoms with E-state index < -0.39 is 21.9 Å². The van der Waals surface area contributed by atoms with E-state index in [1.165, 1.54) is 23.5 Å². The van der Waals surface area contributed by atoms with E-state index in [9.17, 15) is 18.0 Å². The van der Waals surface area contributed by atoms with Crippen LogP contribution in [0.1, 0.15) is 22.3 Å². The van der Waals surface area contributed by atoms with Gasteiger partial charge in [0, 0.05) is 25.2 Å². The number of benzene rings is 1. The monoisotopic (exact) mass is 370 g/mol. The van der Waals surface area contributed by atoms with Gasteiger partial charge in [0.25, 0.3) is 5.91 Å². The van der Waals surface area contributed by atoms with Crippen LogP contribution in [0.4, 0.5) is 0 Å². The van der Waals surface area contributed by atoms with E-state index in [0.29, 0.717) is 18.8 Å². The lowest BCUT2D eigenvalue weighted by molar-refractivity contribution is -0.140. The van der Waals surface area contributed by atoms with Gasteiger partial charge in [0.15, 0.2) is 0 Å². The first-order valence-electron chi connectivity index (χ1n) is 7.90. The Morgan fingerprint density at radius 3 is 2.60 bits per heavy atom. The second kappa shape index (κ2) is 8.41. The Balaban J connectivity index is 2.16. The normalized spacial score (nSPS) is 15.6. The predicted molar refractivity (Wildman–Crippen MR) is 89.7 cm³/mol. The van der Waals surface area contributed by atoms with Crippen molar-refractivity contribution in [1.82, 2.24) is 9.62 Å². The van der Waals surface area contributed by atoms with Gasteiger partial charge in [0.2, 0.25) is 10.0 Å². The quantitative estimate of drug-likeness (QED) is 0.723. The molecule has 8 nitrogen and oxygen atoms in total. The Bertz CT molecular complexity index is 741. The fourth-order valence-corrected chi connectivity index (χ4v) is 3.85. The number of carbonyl (C=O) groups excluding carboxylic acids is 2. The summed E-state index contributed by atoms with van der Waals surface area (Å²) in [5.41, 5.74) is 0.913. The number of sulfonamides is 1. The summed E-state index contributed by atoms with van der Waals surface area (Å²) < 4.78 is 36.4. The fourth-order valence-electron chi connectivity index (χ4n) is 2.42. The van der Waals surface area contributed by atoms with Crippen molar-refractivity contribution in [2.75, 3.05) is 40.0 Å². The SMILES string of the molecule is COC(=O)CCNC(=O)c1cc(S(=O)(=O)N2CCOCC2)ccc1C. The number of hydrogen-bond donors (Lipinski definition) is 1. The molecule has 1 N–H and O–H groups in total. The van der Waals surface area contributed by atoms with Crippen molar-refractivity contribution in [1.29, 1.82) is 0 Å². The van der Waals surface area contributed by atoms with Crippen LogP contribution >= 0.6 is 0 Å². The molecule has 0 unspecified atom stereocenters. The molecule has 0 bridgehead atoms. The number of esters is 1. The van der Waals surface area contributed by atoms with Crippen LogP contribution in [0.15, 0.2) is 23.1 Å². The van der Waals surface area contributed by atoms with Crippen molar-refractivity contribution in [3.63, 3.8) is 0 Å². The Morgan fingerprint density at radius 2 is 1.96 bits per heavy atom. The first kappa shape index (κ1) is 19.4. The fraction of sp³-hybridized carbons (Fsp3) is 0.500. The maximum atomic E-state index is 12.7. The molecular formula is C16H22N2O6S. The zero-order valence-electron chi connectivity index (χ0n) is 14.3. The largest absolute Gasteiger partial charge is 0.469 e. The third-order valence-corrected chi connectivity index (χ3v) is 5.80. The number of methoxy groups -OCH3 is 1. The molecule has 1 aromatic carbocycles. The molecule has 138 valence electrons. The highest BCUT2D eigenvalue weighted by Crippen LogP contribution is 2.20.